The highest BCUT2D eigenvalue weighted by Gasteiger charge is 2.40. The van der Waals surface area contributed by atoms with Crippen molar-refractivity contribution < 1.29 is 24.3 Å². The number of carbonyl (C=O) groups excluding carboxylic acids is 4. The average Bonchev–Trinajstić information content (AvgIpc) is 3.54. The molecule has 0 aliphatic carbocycles. The highest BCUT2D eigenvalue weighted by Crippen LogP contribution is 2.27. The van der Waals surface area contributed by atoms with Crippen LogP contribution in [-0.4, -0.2) is 106 Å². The van der Waals surface area contributed by atoms with E-state index < -0.39 is 29.6 Å². The van der Waals surface area contributed by atoms with Gasteiger partial charge in [-0.05, 0) is 76.3 Å². The molecule has 2 saturated heterocycles. The maximum Gasteiger partial charge on any atom is 0.249 e. The minimum atomic E-state index is -0.751. The maximum absolute atomic E-state index is 14.2. The number of hydrogen-bond donors (Lipinski definition) is 3. The van der Waals surface area contributed by atoms with Gasteiger partial charge in [0.1, 0.15) is 12.1 Å². The number of piperidine rings is 1. The first-order valence-corrected chi connectivity index (χ1v) is 17.8. The van der Waals surface area contributed by atoms with Gasteiger partial charge in [-0.25, -0.2) is 0 Å². The number of aliphatic hydroxyl groups is 1. The van der Waals surface area contributed by atoms with Crippen LogP contribution in [-0.2, 0) is 25.6 Å². The summed E-state index contributed by atoms with van der Waals surface area (Å²) in [5, 5.41) is 16.1. The standard InChI is InChI=1S/C38H61N5O5/c1-25(2)32(41(9)37(48)33(38(6,7)8)40-35(46)30-18-13-14-20-42(30)26(3)4)22-27(5)36(47)43-21-15-19-31(43)34(45)39-29(24-44)23-28-16-11-10-12-17-28/h10-12,16-17,22,25-26,29-33,44H,13-15,18-21,23-24H2,1-9H3,(H,39,45)(H,40,46)/b27-22+/t29-,30?,31-,32+,33+/m0/s1. The molecule has 2 fully saturated rings. The molecule has 4 amide bonds. The van der Waals surface area contributed by atoms with Gasteiger partial charge in [-0.15, -0.1) is 0 Å². The van der Waals surface area contributed by atoms with Crippen LogP contribution in [0.2, 0.25) is 0 Å². The summed E-state index contributed by atoms with van der Waals surface area (Å²) in [6.07, 6.45) is 6.38. The number of carbonyl (C=O) groups is 4. The first kappa shape index (κ1) is 39.2. The second kappa shape index (κ2) is 17.4. The molecular formula is C38H61N5O5. The number of likely N-dealkylation sites (tertiary alicyclic amines) is 2. The Bertz CT molecular complexity index is 1270. The molecule has 10 nitrogen and oxygen atoms in total. The van der Waals surface area contributed by atoms with Crippen LogP contribution >= 0.6 is 0 Å². The van der Waals surface area contributed by atoms with Crippen molar-refractivity contribution in [3.63, 3.8) is 0 Å². The molecule has 3 rings (SSSR count). The molecular weight excluding hydrogens is 606 g/mol. The largest absolute Gasteiger partial charge is 0.394 e. The zero-order valence-electron chi connectivity index (χ0n) is 30.8. The van der Waals surface area contributed by atoms with Gasteiger partial charge in [-0.1, -0.05) is 77.4 Å². The van der Waals surface area contributed by atoms with E-state index in [1.165, 1.54) is 0 Å². The van der Waals surface area contributed by atoms with Gasteiger partial charge in [-0.3, -0.25) is 24.1 Å². The summed E-state index contributed by atoms with van der Waals surface area (Å²) in [4.78, 5) is 60.5. The van der Waals surface area contributed by atoms with Crippen molar-refractivity contribution in [1.82, 2.24) is 25.3 Å². The quantitative estimate of drug-likeness (QED) is 0.274. The predicted molar refractivity (Wildman–Crippen MR) is 190 cm³/mol. The number of nitrogens with one attached hydrogen (secondary N) is 2. The lowest BCUT2D eigenvalue weighted by molar-refractivity contribution is -0.142. The molecule has 3 N–H and O–H groups in total. The fourth-order valence-corrected chi connectivity index (χ4v) is 7.04. The Balaban J connectivity index is 1.75. The molecule has 2 aliphatic heterocycles. The van der Waals surface area contributed by atoms with Crippen LogP contribution < -0.4 is 10.6 Å². The zero-order valence-corrected chi connectivity index (χ0v) is 30.8. The summed E-state index contributed by atoms with van der Waals surface area (Å²) in [6, 6.07) is 7.39. The third-order valence-corrected chi connectivity index (χ3v) is 9.85. The van der Waals surface area contributed by atoms with Crippen molar-refractivity contribution in [3.8, 4) is 0 Å². The summed E-state index contributed by atoms with van der Waals surface area (Å²) in [5.41, 5.74) is 0.924. The molecule has 1 aromatic carbocycles. The van der Waals surface area contributed by atoms with Crippen molar-refractivity contribution in [2.24, 2.45) is 11.3 Å². The number of nitrogens with zero attached hydrogens (tertiary/aromatic N) is 3. The molecule has 5 atom stereocenters. The Morgan fingerprint density at radius 1 is 0.938 bits per heavy atom. The van der Waals surface area contributed by atoms with E-state index in [2.05, 4.69) is 29.4 Å². The average molecular weight is 668 g/mol. The minimum Gasteiger partial charge on any atom is -0.394 e. The summed E-state index contributed by atoms with van der Waals surface area (Å²) < 4.78 is 0. The molecule has 1 aromatic rings. The van der Waals surface area contributed by atoms with E-state index in [1.54, 1.807) is 23.8 Å². The molecule has 0 aromatic heterocycles. The van der Waals surface area contributed by atoms with Gasteiger partial charge in [0, 0.05) is 25.2 Å². The van der Waals surface area contributed by atoms with Gasteiger partial charge >= 0.3 is 0 Å². The summed E-state index contributed by atoms with van der Waals surface area (Å²) in [6.45, 7) is 16.9. The molecule has 2 heterocycles. The van der Waals surface area contributed by atoms with Crippen LogP contribution in [0.5, 0.6) is 0 Å². The molecule has 0 spiro atoms. The SMILES string of the molecule is C/C(=C\[C@H](C(C)C)N(C)C(=O)[C@@H](NC(=O)C1CCCCN1C(C)C)C(C)(C)C)C(=O)N1CCC[C@H]1C(=O)N[C@H](CO)Cc1ccccc1. The summed E-state index contributed by atoms with van der Waals surface area (Å²) in [5.74, 6) is -0.846. The fraction of sp³-hybridized carbons (Fsp3) is 0.684. The van der Waals surface area contributed by atoms with E-state index in [0.29, 0.717) is 31.4 Å². The van der Waals surface area contributed by atoms with Crippen molar-refractivity contribution in [3.05, 3.63) is 47.5 Å². The number of benzene rings is 1. The number of hydrogen-bond acceptors (Lipinski definition) is 6. The van der Waals surface area contributed by atoms with Crippen LogP contribution in [0.3, 0.4) is 0 Å². The molecule has 0 saturated carbocycles. The van der Waals surface area contributed by atoms with E-state index in [9.17, 15) is 24.3 Å². The highest BCUT2D eigenvalue weighted by atomic mass is 16.3. The second-order valence-corrected chi connectivity index (χ2v) is 15.4. The number of aliphatic hydroxyl groups excluding tert-OH is 1. The lowest BCUT2D eigenvalue weighted by Crippen LogP contribution is -2.60. The van der Waals surface area contributed by atoms with Gasteiger partial charge in [0.2, 0.25) is 23.6 Å². The van der Waals surface area contributed by atoms with Gasteiger partial charge in [0.05, 0.1) is 24.7 Å². The van der Waals surface area contributed by atoms with E-state index in [1.807, 2.05) is 71.0 Å². The van der Waals surface area contributed by atoms with Crippen LogP contribution in [0.1, 0.15) is 93.1 Å². The van der Waals surface area contributed by atoms with E-state index >= 15 is 0 Å². The van der Waals surface area contributed by atoms with Gasteiger partial charge in [0.15, 0.2) is 0 Å². The monoisotopic (exact) mass is 667 g/mol. The Hall–Kier alpha value is -3.24. The molecule has 0 bridgehead atoms. The number of amides is 4. The second-order valence-electron chi connectivity index (χ2n) is 15.4. The van der Waals surface area contributed by atoms with Crippen LogP contribution in [0, 0.1) is 11.3 Å². The van der Waals surface area contributed by atoms with Gasteiger partial charge < -0.3 is 25.5 Å². The number of rotatable bonds is 13. The maximum atomic E-state index is 14.2. The van der Waals surface area contributed by atoms with Crippen LogP contribution in [0.4, 0.5) is 0 Å². The van der Waals surface area contributed by atoms with Crippen LogP contribution in [0.25, 0.3) is 0 Å². The molecule has 0 radical (unpaired) electrons. The highest BCUT2D eigenvalue weighted by molar-refractivity contribution is 5.97. The Morgan fingerprint density at radius 2 is 1.56 bits per heavy atom. The normalized spacial score (nSPS) is 21.2. The molecule has 1 unspecified atom stereocenters. The van der Waals surface area contributed by atoms with Gasteiger partial charge in [0.25, 0.3) is 0 Å². The minimum absolute atomic E-state index is 0.0197. The Kier molecular flexibility index (Phi) is 14.2. The van der Waals surface area contributed by atoms with Crippen molar-refractivity contribution >= 4 is 23.6 Å². The Morgan fingerprint density at radius 3 is 2.15 bits per heavy atom. The van der Waals surface area contributed by atoms with E-state index in [4.69, 9.17) is 0 Å². The lowest BCUT2D eigenvalue weighted by Gasteiger charge is -2.41. The molecule has 10 heteroatoms. The predicted octanol–water partition coefficient (Wildman–Crippen LogP) is 3.92. The van der Waals surface area contributed by atoms with Crippen molar-refractivity contribution in [1.29, 1.82) is 0 Å². The number of likely N-dealkylation sites (N-methyl/N-ethyl adjacent to an activating group) is 1. The van der Waals surface area contributed by atoms with E-state index in [0.717, 1.165) is 31.4 Å². The first-order valence-electron chi connectivity index (χ1n) is 17.8. The molecule has 48 heavy (non-hydrogen) atoms. The van der Waals surface area contributed by atoms with E-state index in [-0.39, 0.29) is 48.2 Å². The lowest BCUT2D eigenvalue weighted by atomic mass is 9.84. The van der Waals surface area contributed by atoms with Crippen molar-refractivity contribution in [2.45, 2.75) is 130 Å². The zero-order chi connectivity index (χ0) is 35.8. The topological polar surface area (TPSA) is 122 Å². The third kappa shape index (κ3) is 10.1. The third-order valence-electron chi connectivity index (χ3n) is 9.85. The first-order chi connectivity index (χ1) is 22.6. The Labute approximate surface area is 288 Å². The van der Waals surface area contributed by atoms with Crippen LogP contribution in [0.15, 0.2) is 42.0 Å². The van der Waals surface area contributed by atoms with Gasteiger partial charge in [-0.2, -0.15) is 0 Å². The smallest absolute Gasteiger partial charge is 0.249 e. The fourth-order valence-electron chi connectivity index (χ4n) is 7.04. The molecule has 268 valence electrons. The summed E-state index contributed by atoms with van der Waals surface area (Å²) >= 11 is 0. The molecule has 2 aliphatic rings. The van der Waals surface area contributed by atoms with Crippen molar-refractivity contribution in [2.75, 3.05) is 26.7 Å². The summed E-state index contributed by atoms with van der Waals surface area (Å²) in [7, 11) is 1.74.